The molecular weight excluding hydrogens is 548 g/mol. The van der Waals surface area contributed by atoms with Crippen molar-refractivity contribution in [2.75, 3.05) is 38.3 Å². The number of rotatable bonds is 15. The molecule has 1 aliphatic carbocycles. The summed E-state index contributed by atoms with van der Waals surface area (Å²) in [6.45, 7) is 4.69. The van der Waals surface area contributed by atoms with Crippen molar-refractivity contribution < 1.29 is 47.7 Å². The Morgan fingerprint density at radius 3 is 2.00 bits per heavy atom. The molecule has 1 atom stereocenters. The van der Waals surface area contributed by atoms with E-state index in [2.05, 4.69) is 11.9 Å². The zero-order chi connectivity index (χ0) is 30.5. The van der Waals surface area contributed by atoms with Gasteiger partial charge in [0.05, 0.1) is 19.3 Å². The van der Waals surface area contributed by atoms with Crippen LogP contribution in [0.2, 0.25) is 0 Å². The van der Waals surface area contributed by atoms with Crippen LogP contribution in [0.3, 0.4) is 0 Å². The Balaban J connectivity index is 1.26. The largest absolute Gasteiger partial charge is 0.462 e. The van der Waals surface area contributed by atoms with Crippen LogP contribution in [0, 0.1) is 0 Å². The Kier molecular flexibility index (Phi) is 12.5. The fourth-order valence-corrected chi connectivity index (χ4v) is 4.71. The van der Waals surface area contributed by atoms with Gasteiger partial charge in [0.2, 0.25) is 11.8 Å². The number of nitrogens with zero attached hydrogens (tertiary/aromatic N) is 1. The number of amides is 2. The lowest BCUT2D eigenvalue weighted by Crippen LogP contribution is -2.43. The van der Waals surface area contributed by atoms with E-state index in [1.807, 2.05) is 18.2 Å². The molecule has 1 saturated heterocycles. The third-order valence-electron chi connectivity index (χ3n) is 6.86. The van der Waals surface area contributed by atoms with Crippen molar-refractivity contribution in [3.05, 3.63) is 41.5 Å². The molecule has 228 valence electrons. The van der Waals surface area contributed by atoms with Gasteiger partial charge in [-0.25, -0.2) is 4.79 Å². The normalized spacial score (nSPS) is 15.4. The predicted octanol–water partition coefficient (Wildman–Crippen LogP) is 2.41. The molecular formula is C30H38N2O10. The molecule has 1 heterocycles. The van der Waals surface area contributed by atoms with E-state index in [1.165, 1.54) is 23.0 Å². The minimum absolute atomic E-state index is 0.101. The number of hydrogen-bond acceptors (Lipinski definition) is 10. The Bertz CT molecular complexity index is 1190. The quantitative estimate of drug-likeness (QED) is 0.140. The molecule has 1 aromatic rings. The summed E-state index contributed by atoms with van der Waals surface area (Å²) < 4.78 is 19.6. The van der Waals surface area contributed by atoms with Crippen LogP contribution in [0.5, 0.6) is 0 Å². The van der Waals surface area contributed by atoms with Gasteiger partial charge in [-0.3, -0.25) is 24.0 Å². The first-order valence-corrected chi connectivity index (χ1v) is 14.2. The van der Waals surface area contributed by atoms with Gasteiger partial charge in [0.1, 0.15) is 32.5 Å². The molecule has 2 amide bonds. The van der Waals surface area contributed by atoms with E-state index in [4.69, 9.17) is 18.9 Å². The molecule has 0 bridgehead atoms. The summed E-state index contributed by atoms with van der Waals surface area (Å²) in [6.07, 6.45) is 3.70. The lowest BCUT2D eigenvalue weighted by molar-refractivity contribution is -0.155. The molecule has 0 aromatic heterocycles. The summed E-state index contributed by atoms with van der Waals surface area (Å²) >= 11 is 0. The average Bonchev–Trinajstić information content (AvgIpc) is 3.65. The fourth-order valence-electron chi connectivity index (χ4n) is 4.71. The Labute approximate surface area is 244 Å². The number of nitrogens with one attached hydrogen (secondary N) is 1. The molecule has 12 nitrogen and oxygen atoms in total. The van der Waals surface area contributed by atoms with Crippen molar-refractivity contribution in [2.45, 2.75) is 70.8 Å². The highest BCUT2D eigenvalue weighted by molar-refractivity contribution is 5.98. The van der Waals surface area contributed by atoms with Crippen LogP contribution in [-0.2, 0) is 60.6 Å². The van der Waals surface area contributed by atoms with E-state index in [1.54, 1.807) is 0 Å². The van der Waals surface area contributed by atoms with Gasteiger partial charge in [-0.1, -0.05) is 12.6 Å². The number of esters is 4. The van der Waals surface area contributed by atoms with Crippen LogP contribution >= 0.6 is 0 Å². The zero-order valence-corrected chi connectivity index (χ0v) is 23.9. The molecule has 12 heteroatoms. The number of benzene rings is 1. The topological polar surface area (TPSA) is 155 Å². The third-order valence-corrected chi connectivity index (χ3v) is 6.86. The maximum atomic E-state index is 12.9. The van der Waals surface area contributed by atoms with E-state index in [-0.39, 0.29) is 69.5 Å². The number of anilines is 1. The molecule has 2 aliphatic rings. The molecule has 0 spiro atoms. The van der Waals surface area contributed by atoms with Crippen LogP contribution in [0.25, 0.3) is 0 Å². The van der Waals surface area contributed by atoms with E-state index in [0.717, 1.165) is 24.9 Å². The van der Waals surface area contributed by atoms with E-state index in [0.29, 0.717) is 19.4 Å². The van der Waals surface area contributed by atoms with Gasteiger partial charge >= 0.3 is 23.9 Å². The summed E-state index contributed by atoms with van der Waals surface area (Å²) in [5.41, 5.74) is 3.51. The molecule has 0 radical (unpaired) electrons. The van der Waals surface area contributed by atoms with E-state index < -0.39 is 29.9 Å². The highest BCUT2D eigenvalue weighted by Crippen LogP contribution is 2.26. The number of ether oxygens (including phenoxy) is 4. The standard InChI is InChI=1S/C30H38N2O10/c1-20(2)30(38)42-18-17-41-28(36)13-12-27(35)40-16-15-39-26(34)11-10-25(33)32-14-4-7-24(32)29(37)31-23-9-8-21-5-3-6-22(21)19-23/h8-9,19,24H,1,3-7,10-18H2,2H3,(H,31,37)/t24-/m0/s1. The van der Waals surface area contributed by atoms with Crippen LogP contribution < -0.4 is 5.32 Å². The first-order valence-electron chi connectivity index (χ1n) is 14.2. The summed E-state index contributed by atoms with van der Waals surface area (Å²) in [4.78, 5) is 73.9. The first kappa shape index (κ1) is 32.3. The summed E-state index contributed by atoms with van der Waals surface area (Å²) in [7, 11) is 0. The summed E-state index contributed by atoms with van der Waals surface area (Å²) in [5, 5.41) is 2.93. The summed E-state index contributed by atoms with van der Waals surface area (Å²) in [6, 6.07) is 5.34. The molecule has 0 saturated carbocycles. The van der Waals surface area contributed by atoms with Gasteiger partial charge in [-0.2, -0.15) is 0 Å². The van der Waals surface area contributed by atoms with Crippen molar-refractivity contribution in [3.63, 3.8) is 0 Å². The van der Waals surface area contributed by atoms with Gasteiger partial charge < -0.3 is 29.2 Å². The average molecular weight is 587 g/mol. The highest BCUT2D eigenvalue weighted by Gasteiger charge is 2.34. The SMILES string of the molecule is C=C(C)C(=O)OCCOC(=O)CCC(=O)OCCOC(=O)CCC(=O)N1CCC[C@H]1C(=O)Nc1ccc2c(c1)CCC2. The number of carbonyl (C=O) groups is 6. The molecule has 1 aliphatic heterocycles. The number of carbonyl (C=O) groups excluding carboxylic acids is 6. The lowest BCUT2D eigenvalue weighted by atomic mass is 10.1. The van der Waals surface area contributed by atoms with Gasteiger partial charge in [0, 0.05) is 24.2 Å². The molecule has 1 aromatic carbocycles. The monoisotopic (exact) mass is 586 g/mol. The predicted molar refractivity (Wildman–Crippen MR) is 149 cm³/mol. The van der Waals surface area contributed by atoms with Crippen molar-refractivity contribution in [1.29, 1.82) is 0 Å². The molecule has 42 heavy (non-hydrogen) atoms. The number of hydrogen-bond donors (Lipinski definition) is 1. The van der Waals surface area contributed by atoms with Crippen molar-refractivity contribution in [2.24, 2.45) is 0 Å². The molecule has 1 N–H and O–H groups in total. The van der Waals surface area contributed by atoms with E-state index in [9.17, 15) is 28.8 Å². The number of fused-ring (bicyclic) bond motifs is 1. The third kappa shape index (κ3) is 10.3. The second-order valence-corrected chi connectivity index (χ2v) is 10.1. The lowest BCUT2D eigenvalue weighted by Gasteiger charge is -2.24. The second kappa shape index (κ2) is 16.3. The van der Waals surface area contributed by atoms with Gasteiger partial charge in [-0.15, -0.1) is 0 Å². The van der Waals surface area contributed by atoms with Crippen molar-refractivity contribution in [3.8, 4) is 0 Å². The van der Waals surface area contributed by atoms with Crippen LogP contribution in [0.4, 0.5) is 5.69 Å². The van der Waals surface area contributed by atoms with Gasteiger partial charge in [0.25, 0.3) is 0 Å². The molecule has 0 unspecified atom stereocenters. The minimum atomic E-state index is -0.676. The van der Waals surface area contributed by atoms with Crippen LogP contribution in [0.15, 0.2) is 30.4 Å². The second-order valence-electron chi connectivity index (χ2n) is 10.1. The maximum Gasteiger partial charge on any atom is 0.333 e. The van der Waals surface area contributed by atoms with Crippen molar-refractivity contribution in [1.82, 2.24) is 4.90 Å². The fraction of sp³-hybridized carbons (Fsp3) is 0.533. The maximum absolute atomic E-state index is 12.9. The van der Waals surface area contributed by atoms with E-state index >= 15 is 0 Å². The number of aryl methyl sites for hydroxylation is 2. The highest BCUT2D eigenvalue weighted by atomic mass is 16.6. The first-order chi connectivity index (χ1) is 20.1. The minimum Gasteiger partial charge on any atom is -0.462 e. The Morgan fingerprint density at radius 1 is 0.810 bits per heavy atom. The number of likely N-dealkylation sites (tertiary alicyclic amines) is 1. The van der Waals surface area contributed by atoms with Crippen LogP contribution in [-0.4, -0.2) is 79.6 Å². The van der Waals surface area contributed by atoms with Crippen LogP contribution in [0.1, 0.15) is 63.0 Å². The Hall–Kier alpha value is -4.22. The smallest absolute Gasteiger partial charge is 0.333 e. The Morgan fingerprint density at radius 2 is 1.38 bits per heavy atom. The molecule has 1 fully saturated rings. The zero-order valence-electron chi connectivity index (χ0n) is 23.9. The van der Waals surface area contributed by atoms with Gasteiger partial charge in [-0.05, 0) is 62.3 Å². The molecule has 3 rings (SSSR count). The van der Waals surface area contributed by atoms with Gasteiger partial charge in [0.15, 0.2) is 0 Å². The van der Waals surface area contributed by atoms with Crippen molar-refractivity contribution >= 4 is 41.4 Å². The summed E-state index contributed by atoms with van der Waals surface area (Å²) in [5.74, 6) is -3.09.